The Kier molecular flexibility index (Phi) is 3.84. The molecule has 0 aliphatic rings. The highest BCUT2D eigenvalue weighted by molar-refractivity contribution is 7.90. The van der Waals surface area contributed by atoms with Gasteiger partial charge in [-0.1, -0.05) is 6.92 Å². The number of rotatable bonds is 5. The molecule has 102 valence electrons. The van der Waals surface area contributed by atoms with Gasteiger partial charge in [0.2, 0.25) is 5.89 Å². The Morgan fingerprint density at radius 2 is 2.16 bits per heavy atom. The van der Waals surface area contributed by atoms with E-state index in [0.717, 1.165) is 18.4 Å². The van der Waals surface area contributed by atoms with Crippen molar-refractivity contribution in [3.63, 3.8) is 0 Å². The van der Waals surface area contributed by atoms with Gasteiger partial charge < -0.3 is 9.73 Å². The number of hydrogen-bond donors (Lipinski definition) is 1. The molecule has 0 bridgehead atoms. The molecule has 2 aromatic rings. The molecule has 7 heteroatoms. The van der Waals surface area contributed by atoms with Crippen molar-refractivity contribution in [2.24, 2.45) is 0 Å². The maximum Gasteiger partial charge on any atom is 0.213 e. The van der Waals surface area contributed by atoms with Crippen molar-refractivity contribution < 1.29 is 12.8 Å². The number of pyridine rings is 1. The lowest BCUT2D eigenvalue weighted by molar-refractivity contribution is 0.465. The zero-order chi connectivity index (χ0) is 13.9. The molecule has 6 nitrogen and oxygen atoms in total. The molecule has 2 heterocycles. The molecule has 0 aromatic carbocycles. The van der Waals surface area contributed by atoms with E-state index in [1.807, 2.05) is 6.92 Å². The third-order valence-corrected chi connectivity index (χ3v) is 3.66. The SMILES string of the molecule is CCc1cnc(CNc2ncccc2S(C)(=O)=O)o1. The van der Waals surface area contributed by atoms with Crippen molar-refractivity contribution in [1.29, 1.82) is 0 Å². The average molecular weight is 281 g/mol. The Hall–Kier alpha value is -1.89. The third kappa shape index (κ3) is 3.31. The first-order chi connectivity index (χ1) is 9.00. The normalized spacial score (nSPS) is 11.5. The Labute approximate surface area is 111 Å². The van der Waals surface area contributed by atoms with Crippen LogP contribution in [0.2, 0.25) is 0 Å². The number of anilines is 1. The van der Waals surface area contributed by atoms with Gasteiger partial charge in [0.25, 0.3) is 0 Å². The minimum absolute atomic E-state index is 0.164. The molecule has 0 unspecified atom stereocenters. The zero-order valence-electron chi connectivity index (χ0n) is 10.8. The fraction of sp³-hybridized carbons (Fsp3) is 0.333. The van der Waals surface area contributed by atoms with Crippen molar-refractivity contribution in [3.05, 3.63) is 36.2 Å². The minimum atomic E-state index is -3.31. The van der Waals surface area contributed by atoms with Gasteiger partial charge in [0.1, 0.15) is 16.5 Å². The second-order valence-electron chi connectivity index (χ2n) is 4.05. The third-order valence-electron chi connectivity index (χ3n) is 2.53. The summed E-state index contributed by atoms with van der Waals surface area (Å²) in [6.07, 6.45) is 5.11. The molecule has 0 fully saturated rings. The van der Waals surface area contributed by atoms with Crippen LogP contribution in [0.3, 0.4) is 0 Å². The van der Waals surface area contributed by atoms with Gasteiger partial charge in [0.15, 0.2) is 9.84 Å². The fourth-order valence-electron chi connectivity index (χ4n) is 1.58. The van der Waals surface area contributed by atoms with Crippen LogP contribution in [0.1, 0.15) is 18.6 Å². The minimum Gasteiger partial charge on any atom is -0.444 e. The number of aromatic nitrogens is 2. The van der Waals surface area contributed by atoms with E-state index in [-0.39, 0.29) is 4.90 Å². The van der Waals surface area contributed by atoms with Gasteiger partial charge in [-0.25, -0.2) is 18.4 Å². The lowest BCUT2D eigenvalue weighted by atomic mass is 10.4. The van der Waals surface area contributed by atoms with Gasteiger partial charge in [0, 0.05) is 18.9 Å². The molecule has 0 radical (unpaired) electrons. The summed E-state index contributed by atoms with van der Waals surface area (Å²) in [6.45, 7) is 2.26. The van der Waals surface area contributed by atoms with E-state index in [1.165, 1.54) is 12.3 Å². The molecule has 0 saturated heterocycles. The number of hydrogen-bond acceptors (Lipinski definition) is 6. The number of sulfone groups is 1. The first kappa shape index (κ1) is 13.5. The summed E-state index contributed by atoms with van der Waals surface area (Å²) in [6, 6.07) is 3.10. The van der Waals surface area contributed by atoms with Crippen molar-refractivity contribution in [2.75, 3.05) is 11.6 Å². The maximum absolute atomic E-state index is 11.6. The molecule has 0 amide bonds. The highest BCUT2D eigenvalue weighted by atomic mass is 32.2. The molecule has 0 aliphatic heterocycles. The van der Waals surface area contributed by atoms with Crippen molar-refractivity contribution >= 4 is 15.7 Å². The Bertz CT molecular complexity index is 664. The van der Waals surface area contributed by atoms with E-state index in [2.05, 4.69) is 15.3 Å². The van der Waals surface area contributed by atoms with Crippen molar-refractivity contribution in [1.82, 2.24) is 9.97 Å². The number of nitrogens with zero attached hydrogens (tertiary/aromatic N) is 2. The summed E-state index contributed by atoms with van der Waals surface area (Å²) >= 11 is 0. The largest absolute Gasteiger partial charge is 0.444 e. The Morgan fingerprint density at radius 3 is 2.79 bits per heavy atom. The molecule has 1 N–H and O–H groups in total. The van der Waals surface area contributed by atoms with Crippen LogP contribution in [-0.4, -0.2) is 24.6 Å². The molecule has 0 saturated carbocycles. The van der Waals surface area contributed by atoms with Crippen LogP contribution >= 0.6 is 0 Å². The highest BCUT2D eigenvalue weighted by Gasteiger charge is 2.14. The zero-order valence-corrected chi connectivity index (χ0v) is 11.6. The monoisotopic (exact) mass is 281 g/mol. The van der Waals surface area contributed by atoms with Crippen LogP contribution in [-0.2, 0) is 22.8 Å². The van der Waals surface area contributed by atoms with E-state index in [9.17, 15) is 8.42 Å². The summed E-state index contributed by atoms with van der Waals surface area (Å²) in [5.41, 5.74) is 0. The fourth-order valence-corrected chi connectivity index (χ4v) is 2.38. The molecule has 2 aromatic heterocycles. The maximum atomic E-state index is 11.6. The summed E-state index contributed by atoms with van der Waals surface area (Å²) in [5, 5.41) is 2.93. The Morgan fingerprint density at radius 1 is 1.37 bits per heavy atom. The van der Waals surface area contributed by atoms with Gasteiger partial charge in [-0.15, -0.1) is 0 Å². The van der Waals surface area contributed by atoms with E-state index < -0.39 is 9.84 Å². The summed E-state index contributed by atoms with van der Waals surface area (Å²) in [5.74, 6) is 1.60. The Balaban J connectivity index is 2.16. The molecular weight excluding hydrogens is 266 g/mol. The van der Waals surface area contributed by atoms with Gasteiger partial charge in [-0.3, -0.25) is 0 Å². The van der Waals surface area contributed by atoms with Gasteiger partial charge >= 0.3 is 0 Å². The van der Waals surface area contributed by atoms with Crippen LogP contribution in [0, 0.1) is 0 Å². The van der Waals surface area contributed by atoms with Crippen LogP contribution in [0.4, 0.5) is 5.82 Å². The molecule has 0 aliphatic carbocycles. The lowest BCUT2D eigenvalue weighted by Crippen LogP contribution is -2.08. The molecule has 0 spiro atoms. The predicted molar refractivity (Wildman–Crippen MR) is 70.6 cm³/mol. The molecule has 0 atom stereocenters. The van der Waals surface area contributed by atoms with Crippen LogP contribution in [0.15, 0.2) is 33.8 Å². The first-order valence-electron chi connectivity index (χ1n) is 5.83. The number of oxazole rings is 1. The van der Waals surface area contributed by atoms with E-state index >= 15 is 0 Å². The topological polar surface area (TPSA) is 85.1 Å². The standard InChI is InChI=1S/C12H15N3O3S/c1-3-9-7-14-11(18-9)8-15-12-10(19(2,16)17)5-4-6-13-12/h4-7H,3,8H2,1-2H3,(H,13,15). The van der Waals surface area contributed by atoms with Crippen LogP contribution < -0.4 is 5.32 Å². The van der Waals surface area contributed by atoms with Crippen molar-refractivity contribution in [3.8, 4) is 0 Å². The van der Waals surface area contributed by atoms with Gasteiger partial charge in [0.05, 0.1) is 12.7 Å². The average Bonchev–Trinajstić information content (AvgIpc) is 2.83. The summed E-state index contributed by atoms with van der Waals surface area (Å²) < 4.78 is 28.6. The summed E-state index contributed by atoms with van der Waals surface area (Å²) in [4.78, 5) is 8.28. The first-order valence-corrected chi connectivity index (χ1v) is 7.72. The summed E-state index contributed by atoms with van der Waals surface area (Å²) in [7, 11) is -3.31. The smallest absolute Gasteiger partial charge is 0.213 e. The van der Waals surface area contributed by atoms with Gasteiger partial charge in [-0.2, -0.15) is 0 Å². The quantitative estimate of drug-likeness (QED) is 0.897. The van der Waals surface area contributed by atoms with Crippen LogP contribution in [0.25, 0.3) is 0 Å². The second kappa shape index (κ2) is 5.40. The highest BCUT2D eigenvalue weighted by Crippen LogP contribution is 2.18. The van der Waals surface area contributed by atoms with Gasteiger partial charge in [-0.05, 0) is 12.1 Å². The van der Waals surface area contributed by atoms with E-state index in [4.69, 9.17) is 4.42 Å². The predicted octanol–water partition coefficient (Wildman–Crippen LogP) is 1.65. The lowest BCUT2D eigenvalue weighted by Gasteiger charge is -2.07. The molecule has 19 heavy (non-hydrogen) atoms. The van der Waals surface area contributed by atoms with Crippen LogP contribution in [0.5, 0.6) is 0 Å². The number of nitrogens with one attached hydrogen (secondary N) is 1. The molecular formula is C12H15N3O3S. The number of aryl methyl sites for hydroxylation is 1. The van der Waals surface area contributed by atoms with E-state index in [1.54, 1.807) is 12.3 Å². The van der Waals surface area contributed by atoms with E-state index in [0.29, 0.717) is 18.3 Å². The molecule has 2 rings (SSSR count). The van der Waals surface area contributed by atoms with Crippen molar-refractivity contribution in [2.45, 2.75) is 24.8 Å². The second-order valence-corrected chi connectivity index (χ2v) is 6.03.